The highest BCUT2D eigenvalue weighted by molar-refractivity contribution is 6.38. The van der Waals surface area contributed by atoms with Crippen molar-refractivity contribution in [2.75, 3.05) is 0 Å². The number of hydrogen-bond acceptors (Lipinski definition) is 3. The van der Waals surface area contributed by atoms with Gasteiger partial charge in [-0.25, -0.2) is 4.79 Å². The van der Waals surface area contributed by atoms with Gasteiger partial charge in [-0.1, -0.05) is 23.2 Å². The maximum absolute atomic E-state index is 12.0. The monoisotopic (exact) mass is 284 g/mol. The van der Waals surface area contributed by atoms with Crippen LogP contribution in [0.25, 0.3) is 17.0 Å². The molecule has 6 heteroatoms. The van der Waals surface area contributed by atoms with Crippen LogP contribution in [0, 0.1) is 0 Å². The fourth-order valence-corrected chi connectivity index (χ4v) is 1.99. The van der Waals surface area contributed by atoms with Gasteiger partial charge in [-0.3, -0.25) is 4.79 Å². The van der Waals surface area contributed by atoms with Crippen LogP contribution in [0.4, 0.5) is 0 Å². The average molecular weight is 285 g/mol. The number of benzene rings is 1. The van der Waals surface area contributed by atoms with Crippen LogP contribution in [0.2, 0.25) is 10.0 Å². The van der Waals surface area contributed by atoms with E-state index in [0.29, 0.717) is 5.02 Å². The molecular formula is C12H6Cl2O4. The lowest BCUT2D eigenvalue weighted by Crippen LogP contribution is -2.05. The van der Waals surface area contributed by atoms with E-state index in [2.05, 4.69) is 0 Å². The second-order valence-corrected chi connectivity index (χ2v) is 4.30. The lowest BCUT2D eigenvalue weighted by molar-refractivity contribution is -0.131. The van der Waals surface area contributed by atoms with Gasteiger partial charge in [0.2, 0.25) is 0 Å². The maximum atomic E-state index is 12.0. The van der Waals surface area contributed by atoms with E-state index in [1.54, 1.807) is 0 Å². The Morgan fingerprint density at radius 1 is 1.33 bits per heavy atom. The first-order chi connectivity index (χ1) is 8.49. The molecule has 0 atom stereocenters. The number of aliphatic carboxylic acids is 1. The summed E-state index contributed by atoms with van der Waals surface area (Å²) in [6.45, 7) is 0. The Morgan fingerprint density at radius 2 is 2.06 bits per heavy atom. The topological polar surface area (TPSA) is 67.5 Å². The molecule has 0 aliphatic heterocycles. The molecule has 0 saturated heterocycles. The largest absolute Gasteiger partial charge is 0.478 e. The fourth-order valence-electron chi connectivity index (χ4n) is 1.46. The summed E-state index contributed by atoms with van der Waals surface area (Å²) >= 11 is 11.7. The van der Waals surface area contributed by atoms with E-state index in [-0.39, 0.29) is 21.6 Å². The van der Waals surface area contributed by atoms with Crippen LogP contribution < -0.4 is 5.43 Å². The quantitative estimate of drug-likeness (QED) is 0.860. The van der Waals surface area contributed by atoms with Crippen molar-refractivity contribution in [1.29, 1.82) is 0 Å². The minimum absolute atomic E-state index is 0.114. The van der Waals surface area contributed by atoms with Crippen molar-refractivity contribution >= 4 is 46.2 Å². The zero-order valence-corrected chi connectivity index (χ0v) is 10.3. The molecule has 4 nitrogen and oxygen atoms in total. The molecular weight excluding hydrogens is 279 g/mol. The van der Waals surface area contributed by atoms with Crippen LogP contribution in [0.1, 0.15) is 5.56 Å². The molecule has 0 radical (unpaired) electrons. The zero-order valence-electron chi connectivity index (χ0n) is 8.81. The Morgan fingerprint density at radius 3 is 2.72 bits per heavy atom. The number of hydrogen-bond donors (Lipinski definition) is 1. The highest BCUT2D eigenvalue weighted by atomic mass is 35.5. The fraction of sp³-hybridized carbons (Fsp3) is 0. The third-order valence-electron chi connectivity index (χ3n) is 2.22. The van der Waals surface area contributed by atoms with Crippen molar-refractivity contribution < 1.29 is 14.3 Å². The maximum Gasteiger partial charge on any atom is 0.328 e. The van der Waals surface area contributed by atoms with Crippen molar-refractivity contribution in [3.8, 4) is 0 Å². The first kappa shape index (κ1) is 12.7. The van der Waals surface area contributed by atoms with Crippen LogP contribution in [-0.4, -0.2) is 11.1 Å². The molecule has 0 amide bonds. The van der Waals surface area contributed by atoms with E-state index < -0.39 is 11.4 Å². The molecule has 0 saturated carbocycles. The van der Waals surface area contributed by atoms with E-state index >= 15 is 0 Å². The van der Waals surface area contributed by atoms with Gasteiger partial charge in [0.1, 0.15) is 6.26 Å². The van der Waals surface area contributed by atoms with E-state index in [0.717, 1.165) is 18.4 Å². The standard InChI is InChI=1S/C12H6Cl2O4/c13-7-3-8-11(17)6(1-2-10(15)16)5-18-12(8)9(14)4-7/h1-5H,(H,15,16)/b2-1+. The minimum Gasteiger partial charge on any atom is -0.478 e. The molecule has 0 aliphatic carbocycles. The summed E-state index contributed by atoms with van der Waals surface area (Å²) in [4.78, 5) is 22.4. The summed E-state index contributed by atoms with van der Waals surface area (Å²) in [6, 6.07) is 2.88. The van der Waals surface area contributed by atoms with Crippen LogP contribution in [0.5, 0.6) is 0 Å². The Kier molecular flexibility index (Phi) is 3.41. The molecule has 1 aromatic carbocycles. The smallest absolute Gasteiger partial charge is 0.328 e. The zero-order chi connectivity index (χ0) is 13.3. The van der Waals surface area contributed by atoms with E-state index in [4.69, 9.17) is 32.7 Å². The lowest BCUT2D eigenvalue weighted by Gasteiger charge is -2.01. The van der Waals surface area contributed by atoms with Gasteiger partial charge in [-0.05, 0) is 18.2 Å². The number of carboxylic acid groups (broad SMARTS) is 1. The predicted octanol–water partition coefficient (Wildman–Crippen LogP) is 3.20. The van der Waals surface area contributed by atoms with E-state index in [1.165, 1.54) is 12.1 Å². The molecule has 1 aromatic heterocycles. The Balaban J connectivity index is 2.71. The molecule has 0 spiro atoms. The van der Waals surface area contributed by atoms with Gasteiger partial charge in [-0.2, -0.15) is 0 Å². The molecule has 0 aliphatic rings. The predicted molar refractivity (Wildman–Crippen MR) is 69.2 cm³/mol. The van der Waals surface area contributed by atoms with Gasteiger partial charge in [0.25, 0.3) is 0 Å². The number of carbonyl (C=O) groups is 1. The van der Waals surface area contributed by atoms with Crippen molar-refractivity contribution in [2.45, 2.75) is 0 Å². The molecule has 0 bridgehead atoms. The summed E-state index contributed by atoms with van der Waals surface area (Å²) in [5.41, 5.74) is -0.0556. The van der Waals surface area contributed by atoms with Gasteiger partial charge in [0.05, 0.1) is 16.0 Å². The molecule has 92 valence electrons. The number of rotatable bonds is 2. The third-order valence-corrected chi connectivity index (χ3v) is 2.72. The summed E-state index contributed by atoms with van der Waals surface area (Å²) in [7, 11) is 0. The van der Waals surface area contributed by atoms with Gasteiger partial charge in [0, 0.05) is 11.1 Å². The Hall–Kier alpha value is -1.78. The van der Waals surface area contributed by atoms with E-state index in [1.807, 2.05) is 0 Å². The van der Waals surface area contributed by atoms with Crippen molar-refractivity contribution in [3.63, 3.8) is 0 Å². The van der Waals surface area contributed by atoms with Crippen LogP contribution >= 0.6 is 23.2 Å². The van der Waals surface area contributed by atoms with E-state index in [9.17, 15) is 9.59 Å². The minimum atomic E-state index is -1.15. The summed E-state index contributed by atoms with van der Waals surface area (Å²) in [6.07, 6.45) is 3.16. The summed E-state index contributed by atoms with van der Waals surface area (Å²) < 4.78 is 5.21. The highest BCUT2D eigenvalue weighted by Crippen LogP contribution is 2.26. The molecule has 1 N–H and O–H groups in total. The van der Waals surface area contributed by atoms with Crippen LogP contribution in [0.3, 0.4) is 0 Å². The van der Waals surface area contributed by atoms with Gasteiger partial charge in [0.15, 0.2) is 11.0 Å². The third kappa shape index (κ3) is 2.39. The van der Waals surface area contributed by atoms with Crippen molar-refractivity contribution in [3.05, 3.63) is 50.3 Å². The number of fused-ring (bicyclic) bond motifs is 1. The molecule has 1 heterocycles. The first-order valence-electron chi connectivity index (χ1n) is 4.80. The highest BCUT2D eigenvalue weighted by Gasteiger charge is 2.09. The normalized spacial score (nSPS) is 11.2. The van der Waals surface area contributed by atoms with Crippen molar-refractivity contribution in [1.82, 2.24) is 0 Å². The summed E-state index contributed by atoms with van der Waals surface area (Å²) in [5.74, 6) is -1.15. The second kappa shape index (κ2) is 4.84. The molecule has 18 heavy (non-hydrogen) atoms. The Bertz CT molecular complexity index is 716. The number of carboxylic acids is 1. The van der Waals surface area contributed by atoms with Gasteiger partial charge >= 0.3 is 5.97 Å². The SMILES string of the molecule is O=C(O)/C=C/c1coc2c(Cl)cc(Cl)cc2c1=O. The lowest BCUT2D eigenvalue weighted by atomic mass is 10.1. The van der Waals surface area contributed by atoms with Gasteiger partial charge < -0.3 is 9.52 Å². The Labute approximate surface area is 111 Å². The van der Waals surface area contributed by atoms with Crippen LogP contribution in [0.15, 0.2) is 33.7 Å². The molecule has 0 unspecified atom stereocenters. The second-order valence-electron chi connectivity index (χ2n) is 3.46. The van der Waals surface area contributed by atoms with Gasteiger partial charge in [-0.15, -0.1) is 0 Å². The van der Waals surface area contributed by atoms with Crippen molar-refractivity contribution in [2.24, 2.45) is 0 Å². The van der Waals surface area contributed by atoms with Crippen LogP contribution in [-0.2, 0) is 4.79 Å². The average Bonchev–Trinajstić information content (AvgIpc) is 2.29. The molecule has 2 rings (SSSR count). The first-order valence-corrected chi connectivity index (χ1v) is 5.56. The number of halogens is 2. The summed E-state index contributed by atoms with van der Waals surface area (Å²) in [5, 5.41) is 9.24. The molecule has 2 aromatic rings. The molecule has 0 fully saturated rings.